The predicted octanol–water partition coefficient (Wildman–Crippen LogP) is 0.842. The molecule has 2 saturated heterocycles. The summed E-state index contributed by atoms with van der Waals surface area (Å²) in [6, 6.07) is 3.62. The second kappa shape index (κ2) is 7.46. The maximum Gasteiger partial charge on any atom is 0.314 e. The highest BCUT2D eigenvalue weighted by Crippen LogP contribution is 2.33. The van der Waals surface area contributed by atoms with Crippen molar-refractivity contribution < 1.29 is 14.3 Å². The molecule has 7 nitrogen and oxygen atoms in total. The van der Waals surface area contributed by atoms with Crippen LogP contribution in [0.1, 0.15) is 18.4 Å². The lowest BCUT2D eigenvalue weighted by molar-refractivity contribution is -0.0886. The van der Waals surface area contributed by atoms with Crippen molar-refractivity contribution >= 4 is 6.03 Å². The maximum absolute atomic E-state index is 11.5. The van der Waals surface area contributed by atoms with Gasteiger partial charge in [-0.05, 0) is 31.5 Å². The number of amides is 2. The van der Waals surface area contributed by atoms with E-state index in [0.29, 0.717) is 26.3 Å². The summed E-state index contributed by atoms with van der Waals surface area (Å²) in [6.45, 7) is 3.77. The Bertz CT molecular complexity index is 556. The van der Waals surface area contributed by atoms with Crippen LogP contribution in [0.25, 0.3) is 0 Å². The zero-order chi connectivity index (χ0) is 17.0. The SMILES string of the molecule is CN(Cc1cccnc1)CC1CCC2(COCCN(C(N)=O)C2)O1. The van der Waals surface area contributed by atoms with Crippen LogP contribution in [0.15, 0.2) is 24.5 Å². The molecule has 1 spiro atoms. The fraction of sp³-hybridized carbons (Fsp3) is 0.647. The first-order chi connectivity index (χ1) is 11.6. The number of aromatic nitrogens is 1. The summed E-state index contributed by atoms with van der Waals surface area (Å²) in [5.74, 6) is 0. The summed E-state index contributed by atoms with van der Waals surface area (Å²) in [5, 5.41) is 0. The highest BCUT2D eigenvalue weighted by Gasteiger charge is 2.43. The van der Waals surface area contributed by atoms with E-state index in [1.165, 1.54) is 5.56 Å². The molecule has 2 fully saturated rings. The number of carbonyl (C=O) groups is 1. The lowest BCUT2D eigenvalue weighted by Gasteiger charge is -2.31. The molecule has 24 heavy (non-hydrogen) atoms. The van der Waals surface area contributed by atoms with Gasteiger partial charge in [0, 0.05) is 32.0 Å². The fourth-order valence-corrected chi connectivity index (χ4v) is 3.56. The van der Waals surface area contributed by atoms with Crippen molar-refractivity contribution in [1.82, 2.24) is 14.8 Å². The number of carbonyl (C=O) groups excluding carboxylic acids is 1. The van der Waals surface area contributed by atoms with Gasteiger partial charge >= 0.3 is 6.03 Å². The Morgan fingerprint density at radius 1 is 1.58 bits per heavy atom. The van der Waals surface area contributed by atoms with Crippen LogP contribution in [0.3, 0.4) is 0 Å². The van der Waals surface area contributed by atoms with Gasteiger partial charge in [-0.15, -0.1) is 0 Å². The van der Waals surface area contributed by atoms with E-state index in [2.05, 4.69) is 23.0 Å². The van der Waals surface area contributed by atoms with Crippen molar-refractivity contribution in [2.45, 2.75) is 31.1 Å². The molecule has 1 aromatic heterocycles. The fourth-order valence-electron chi connectivity index (χ4n) is 3.56. The summed E-state index contributed by atoms with van der Waals surface area (Å²) < 4.78 is 12.0. The molecule has 132 valence electrons. The van der Waals surface area contributed by atoms with E-state index < -0.39 is 11.6 Å². The van der Waals surface area contributed by atoms with Crippen molar-refractivity contribution in [3.05, 3.63) is 30.1 Å². The van der Waals surface area contributed by atoms with Gasteiger partial charge in [-0.3, -0.25) is 9.88 Å². The molecule has 2 unspecified atom stereocenters. The van der Waals surface area contributed by atoms with E-state index >= 15 is 0 Å². The maximum atomic E-state index is 11.5. The number of hydrogen-bond acceptors (Lipinski definition) is 5. The van der Waals surface area contributed by atoms with Crippen LogP contribution in [-0.4, -0.2) is 72.4 Å². The summed E-state index contributed by atoms with van der Waals surface area (Å²) >= 11 is 0. The van der Waals surface area contributed by atoms with Gasteiger partial charge in [-0.2, -0.15) is 0 Å². The quantitative estimate of drug-likeness (QED) is 0.882. The van der Waals surface area contributed by atoms with Crippen molar-refractivity contribution in [3.8, 4) is 0 Å². The number of nitrogens with two attached hydrogens (primary N) is 1. The van der Waals surface area contributed by atoms with E-state index in [9.17, 15) is 4.79 Å². The lowest BCUT2D eigenvalue weighted by Crippen LogP contribution is -2.48. The van der Waals surface area contributed by atoms with Crippen LogP contribution in [0, 0.1) is 0 Å². The van der Waals surface area contributed by atoms with Crippen molar-refractivity contribution in [2.24, 2.45) is 5.73 Å². The molecule has 2 atom stereocenters. The Hall–Kier alpha value is -1.70. The number of primary amides is 1. The summed E-state index contributed by atoms with van der Waals surface area (Å²) in [4.78, 5) is 19.6. The largest absolute Gasteiger partial charge is 0.377 e. The monoisotopic (exact) mass is 334 g/mol. The van der Waals surface area contributed by atoms with E-state index in [0.717, 1.165) is 25.9 Å². The minimum Gasteiger partial charge on any atom is -0.377 e. The number of likely N-dealkylation sites (N-methyl/N-ethyl adjacent to an activating group) is 1. The molecule has 3 rings (SSSR count). The molecule has 0 bridgehead atoms. The van der Waals surface area contributed by atoms with Crippen LogP contribution in [-0.2, 0) is 16.0 Å². The van der Waals surface area contributed by atoms with Crippen molar-refractivity contribution in [3.63, 3.8) is 0 Å². The molecule has 0 aromatic carbocycles. The van der Waals surface area contributed by atoms with Gasteiger partial charge in [0.15, 0.2) is 0 Å². The second-order valence-electron chi connectivity index (χ2n) is 6.83. The predicted molar refractivity (Wildman–Crippen MR) is 89.4 cm³/mol. The highest BCUT2D eigenvalue weighted by atomic mass is 16.6. The molecule has 0 aliphatic carbocycles. The lowest BCUT2D eigenvalue weighted by atomic mass is 10.00. The molecule has 0 radical (unpaired) electrons. The van der Waals surface area contributed by atoms with Crippen molar-refractivity contribution in [2.75, 3.05) is 39.9 Å². The molecular formula is C17H26N4O3. The third kappa shape index (κ3) is 4.23. The molecule has 1 aromatic rings. The van der Waals surface area contributed by atoms with Gasteiger partial charge in [0.2, 0.25) is 0 Å². The van der Waals surface area contributed by atoms with Gasteiger partial charge in [-0.1, -0.05) is 6.07 Å². The molecule has 0 saturated carbocycles. The number of hydrogen-bond donors (Lipinski definition) is 1. The summed E-state index contributed by atoms with van der Waals surface area (Å²) in [6.07, 6.45) is 5.67. The van der Waals surface area contributed by atoms with E-state index in [1.807, 2.05) is 12.3 Å². The molecule has 3 heterocycles. The molecule has 2 amide bonds. The van der Waals surface area contributed by atoms with Gasteiger partial charge in [0.1, 0.15) is 5.60 Å². The normalized spacial score (nSPS) is 27.6. The Morgan fingerprint density at radius 2 is 2.46 bits per heavy atom. The molecule has 7 heteroatoms. The first kappa shape index (κ1) is 17.1. The number of ether oxygens (including phenoxy) is 2. The second-order valence-corrected chi connectivity index (χ2v) is 6.83. The molecule has 2 N–H and O–H groups in total. The topological polar surface area (TPSA) is 80.9 Å². The minimum absolute atomic E-state index is 0.142. The van der Waals surface area contributed by atoms with Crippen molar-refractivity contribution in [1.29, 1.82) is 0 Å². The summed E-state index contributed by atoms with van der Waals surface area (Å²) in [5.41, 5.74) is 6.22. The van der Waals surface area contributed by atoms with Gasteiger partial charge < -0.3 is 20.1 Å². The first-order valence-electron chi connectivity index (χ1n) is 8.44. The van der Waals surface area contributed by atoms with Gasteiger partial charge in [0.25, 0.3) is 0 Å². The minimum atomic E-state index is -0.411. The standard InChI is InChI=1S/C17H26N4O3/c1-20(10-14-3-2-6-19-9-14)11-15-4-5-17(24-15)12-21(16(18)22)7-8-23-13-17/h2-3,6,9,15H,4-5,7-8,10-13H2,1H3,(H2,18,22). The number of nitrogens with zero attached hydrogens (tertiary/aromatic N) is 3. The average Bonchev–Trinajstić information content (AvgIpc) is 2.80. The number of urea groups is 1. The van der Waals surface area contributed by atoms with Crippen LogP contribution in [0.2, 0.25) is 0 Å². The Labute approximate surface area is 142 Å². The molecule has 2 aliphatic rings. The highest BCUT2D eigenvalue weighted by molar-refractivity contribution is 5.72. The third-order valence-electron chi connectivity index (χ3n) is 4.69. The van der Waals surface area contributed by atoms with Crippen LogP contribution < -0.4 is 5.73 Å². The van der Waals surface area contributed by atoms with Crippen LogP contribution in [0.5, 0.6) is 0 Å². The molecule has 2 aliphatic heterocycles. The first-order valence-corrected chi connectivity index (χ1v) is 8.44. The number of pyridine rings is 1. The van der Waals surface area contributed by atoms with Crippen LogP contribution >= 0.6 is 0 Å². The Kier molecular flexibility index (Phi) is 5.33. The Balaban J connectivity index is 1.55. The molecular weight excluding hydrogens is 308 g/mol. The van der Waals surface area contributed by atoms with Gasteiger partial charge in [-0.25, -0.2) is 4.79 Å². The number of rotatable bonds is 4. The van der Waals surface area contributed by atoms with E-state index in [1.54, 1.807) is 11.1 Å². The van der Waals surface area contributed by atoms with E-state index in [-0.39, 0.29) is 6.10 Å². The summed E-state index contributed by atoms with van der Waals surface area (Å²) in [7, 11) is 2.08. The zero-order valence-corrected chi connectivity index (χ0v) is 14.2. The van der Waals surface area contributed by atoms with E-state index in [4.69, 9.17) is 15.2 Å². The third-order valence-corrected chi connectivity index (χ3v) is 4.69. The Morgan fingerprint density at radius 3 is 3.21 bits per heavy atom. The van der Waals surface area contributed by atoms with Crippen LogP contribution in [0.4, 0.5) is 4.79 Å². The smallest absolute Gasteiger partial charge is 0.314 e. The zero-order valence-electron chi connectivity index (χ0n) is 14.2. The van der Waals surface area contributed by atoms with Gasteiger partial charge in [0.05, 0.1) is 25.9 Å². The average molecular weight is 334 g/mol.